The highest BCUT2D eigenvalue weighted by atomic mass is 32.1. The fraction of sp³-hybridized carbons (Fsp3) is 0.444. The van der Waals surface area contributed by atoms with Gasteiger partial charge < -0.3 is 10.0 Å². The first-order valence-corrected chi connectivity index (χ1v) is 9.38. The molecule has 0 bridgehead atoms. The first-order chi connectivity index (χ1) is 12.4. The summed E-state index contributed by atoms with van der Waals surface area (Å²) in [6.45, 7) is 5.02. The van der Waals surface area contributed by atoms with Crippen LogP contribution in [0.3, 0.4) is 0 Å². The number of nitrogens with zero attached hydrogens (tertiary/aromatic N) is 3. The fourth-order valence-corrected chi connectivity index (χ4v) is 3.86. The highest BCUT2D eigenvalue weighted by Crippen LogP contribution is 2.34. The molecule has 8 heteroatoms. The Kier molecular flexibility index (Phi) is 5.22. The average Bonchev–Trinajstić information content (AvgIpc) is 3.12. The predicted molar refractivity (Wildman–Crippen MR) is 99.4 cm³/mol. The third-order valence-corrected chi connectivity index (χ3v) is 5.96. The first-order valence-electron chi connectivity index (χ1n) is 8.56. The zero-order valence-electron chi connectivity index (χ0n) is 14.8. The van der Waals surface area contributed by atoms with Gasteiger partial charge in [0.2, 0.25) is 5.13 Å². The van der Waals surface area contributed by atoms with Crippen molar-refractivity contribution in [3.05, 3.63) is 40.9 Å². The lowest BCUT2D eigenvalue weighted by Crippen LogP contribution is -2.42. The molecule has 1 saturated heterocycles. The van der Waals surface area contributed by atoms with Gasteiger partial charge in [-0.25, -0.2) is 4.79 Å². The number of urea groups is 1. The Morgan fingerprint density at radius 2 is 1.85 bits per heavy atom. The lowest BCUT2D eigenvalue weighted by molar-refractivity contribution is -0.143. The summed E-state index contributed by atoms with van der Waals surface area (Å²) in [5.74, 6) is -1.15. The molecule has 2 N–H and O–H groups in total. The summed E-state index contributed by atoms with van der Waals surface area (Å²) in [6, 6.07) is 9.79. The van der Waals surface area contributed by atoms with E-state index in [9.17, 15) is 9.59 Å². The number of likely N-dealkylation sites (tertiary alicyclic amines) is 1. The van der Waals surface area contributed by atoms with Gasteiger partial charge in [-0.2, -0.15) is 0 Å². The van der Waals surface area contributed by atoms with Gasteiger partial charge in [-0.3, -0.25) is 10.1 Å². The maximum absolute atomic E-state index is 12.4. The van der Waals surface area contributed by atoms with E-state index in [2.05, 4.69) is 29.4 Å². The largest absolute Gasteiger partial charge is 0.481 e. The van der Waals surface area contributed by atoms with Gasteiger partial charge in [0, 0.05) is 18.5 Å². The number of benzene rings is 1. The number of carboxylic acids is 1. The molecule has 0 aliphatic carbocycles. The quantitative estimate of drug-likeness (QED) is 0.857. The number of aliphatic carboxylic acids is 1. The Morgan fingerprint density at radius 3 is 2.46 bits per heavy atom. The number of carbonyl (C=O) groups is 2. The van der Waals surface area contributed by atoms with Crippen molar-refractivity contribution in [3.8, 4) is 0 Å². The second kappa shape index (κ2) is 7.41. The molecule has 2 amide bonds. The Bertz CT molecular complexity index is 783. The molecule has 0 unspecified atom stereocenters. The topological polar surface area (TPSA) is 95.4 Å². The summed E-state index contributed by atoms with van der Waals surface area (Å²) >= 11 is 1.36. The summed E-state index contributed by atoms with van der Waals surface area (Å²) in [5.41, 5.74) is 0.826. The van der Waals surface area contributed by atoms with Gasteiger partial charge in [0.15, 0.2) is 0 Å². The van der Waals surface area contributed by atoms with Gasteiger partial charge in [-0.1, -0.05) is 41.7 Å². The average molecular weight is 374 g/mol. The highest BCUT2D eigenvalue weighted by Gasteiger charge is 2.29. The molecule has 3 rings (SSSR count). The van der Waals surface area contributed by atoms with Crippen molar-refractivity contribution in [1.82, 2.24) is 15.1 Å². The van der Waals surface area contributed by atoms with Crippen molar-refractivity contribution in [2.75, 3.05) is 18.4 Å². The summed E-state index contributed by atoms with van der Waals surface area (Å²) in [5, 5.41) is 21.5. The molecule has 1 aromatic carbocycles. The number of piperidine rings is 1. The van der Waals surface area contributed by atoms with Crippen LogP contribution in [0.25, 0.3) is 0 Å². The lowest BCUT2D eigenvalue weighted by Gasteiger charge is -2.29. The minimum atomic E-state index is -0.790. The standard InChI is InChI=1S/C18H22N4O3S/c1-18(2,13-6-4-3-5-7-13)15-20-21-16(26-15)19-17(25)22-10-8-12(9-11-22)14(23)24/h3-7,12H,8-11H2,1-2H3,(H,23,24)(H,19,21,25). The maximum Gasteiger partial charge on any atom is 0.323 e. The number of carboxylic acid groups (broad SMARTS) is 1. The van der Waals surface area contributed by atoms with Crippen LogP contribution in [-0.2, 0) is 10.2 Å². The van der Waals surface area contributed by atoms with Crippen molar-refractivity contribution in [2.24, 2.45) is 5.92 Å². The van der Waals surface area contributed by atoms with Crippen LogP contribution in [-0.4, -0.2) is 45.3 Å². The van der Waals surface area contributed by atoms with Crippen LogP contribution in [0, 0.1) is 5.92 Å². The van der Waals surface area contributed by atoms with E-state index in [1.165, 1.54) is 11.3 Å². The van der Waals surface area contributed by atoms with Gasteiger partial charge in [-0.05, 0) is 32.3 Å². The summed E-state index contributed by atoms with van der Waals surface area (Å²) in [6.07, 6.45) is 0.955. The Morgan fingerprint density at radius 1 is 1.19 bits per heavy atom. The van der Waals surface area contributed by atoms with Crippen molar-refractivity contribution < 1.29 is 14.7 Å². The Balaban J connectivity index is 1.64. The normalized spacial score (nSPS) is 15.7. The molecule has 138 valence electrons. The van der Waals surface area contributed by atoms with Crippen LogP contribution in [0.15, 0.2) is 30.3 Å². The van der Waals surface area contributed by atoms with Crippen molar-refractivity contribution >= 4 is 28.5 Å². The third kappa shape index (κ3) is 3.85. The smallest absolute Gasteiger partial charge is 0.323 e. The molecule has 1 aliphatic rings. The molecule has 1 fully saturated rings. The van der Waals surface area contributed by atoms with Gasteiger partial charge in [0.25, 0.3) is 0 Å². The number of carbonyl (C=O) groups excluding carboxylic acids is 1. The van der Waals surface area contributed by atoms with Crippen molar-refractivity contribution in [2.45, 2.75) is 32.1 Å². The fourth-order valence-electron chi connectivity index (χ4n) is 3.00. The minimum absolute atomic E-state index is 0.256. The molecule has 1 aromatic heterocycles. The minimum Gasteiger partial charge on any atom is -0.481 e. The van der Waals surface area contributed by atoms with Crippen molar-refractivity contribution in [3.63, 3.8) is 0 Å². The lowest BCUT2D eigenvalue weighted by atomic mass is 9.85. The SMILES string of the molecule is CC(C)(c1ccccc1)c1nnc(NC(=O)N2CCC(C(=O)O)CC2)s1. The number of hydrogen-bond acceptors (Lipinski definition) is 5. The van der Waals surface area contributed by atoms with Crippen LogP contribution in [0.2, 0.25) is 0 Å². The monoisotopic (exact) mass is 374 g/mol. The third-order valence-electron chi connectivity index (χ3n) is 4.80. The van der Waals surface area contributed by atoms with Crippen LogP contribution in [0.1, 0.15) is 37.3 Å². The molecule has 0 saturated carbocycles. The number of amides is 2. The second-order valence-corrected chi connectivity index (χ2v) is 7.91. The van der Waals surface area contributed by atoms with Crippen LogP contribution in [0.5, 0.6) is 0 Å². The van der Waals surface area contributed by atoms with Gasteiger partial charge in [-0.15, -0.1) is 10.2 Å². The molecule has 7 nitrogen and oxygen atoms in total. The molecule has 0 atom stereocenters. The van der Waals surface area contributed by atoms with E-state index >= 15 is 0 Å². The van der Waals surface area contributed by atoms with E-state index in [0.29, 0.717) is 31.1 Å². The zero-order chi connectivity index (χ0) is 18.7. The number of rotatable bonds is 4. The highest BCUT2D eigenvalue weighted by molar-refractivity contribution is 7.15. The van der Waals surface area contributed by atoms with Gasteiger partial charge in [0.05, 0.1) is 5.92 Å². The van der Waals surface area contributed by atoms with Crippen LogP contribution in [0.4, 0.5) is 9.93 Å². The number of aromatic nitrogens is 2. The Hall–Kier alpha value is -2.48. The molecule has 2 aromatic rings. The maximum atomic E-state index is 12.4. The summed E-state index contributed by atoms with van der Waals surface area (Å²) in [7, 11) is 0. The number of hydrogen-bond donors (Lipinski definition) is 2. The van der Waals surface area contributed by atoms with E-state index < -0.39 is 5.97 Å². The number of nitrogens with one attached hydrogen (secondary N) is 1. The molecule has 0 spiro atoms. The summed E-state index contributed by atoms with van der Waals surface area (Å²) < 4.78 is 0. The van der Waals surface area contributed by atoms with Crippen molar-refractivity contribution in [1.29, 1.82) is 0 Å². The zero-order valence-corrected chi connectivity index (χ0v) is 15.6. The van der Waals surface area contributed by atoms with E-state index in [1.54, 1.807) is 4.90 Å². The first kappa shape index (κ1) is 18.3. The van der Waals surface area contributed by atoms with Gasteiger partial charge >= 0.3 is 12.0 Å². The van der Waals surface area contributed by atoms with E-state index in [-0.39, 0.29) is 17.4 Å². The van der Waals surface area contributed by atoms with E-state index in [1.807, 2.05) is 30.3 Å². The molecule has 1 aliphatic heterocycles. The second-order valence-electron chi connectivity index (χ2n) is 6.93. The molecular formula is C18H22N4O3S. The molecule has 26 heavy (non-hydrogen) atoms. The molecule has 0 radical (unpaired) electrons. The Labute approximate surface area is 156 Å². The van der Waals surface area contributed by atoms with Crippen LogP contribution >= 0.6 is 11.3 Å². The number of anilines is 1. The van der Waals surface area contributed by atoms with E-state index in [4.69, 9.17) is 5.11 Å². The molecule has 2 heterocycles. The predicted octanol–water partition coefficient (Wildman–Crippen LogP) is 3.19. The van der Waals surface area contributed by atoms with E-state index in [0.717, 1.165) is 10.6 Å². The van der Waals surface area contributed by atoms with Crippen LogP contribution < -0.4 is 5.32 Å². The molecular weight excluding hydrogens is 352 g/mol. The summed E-state index contributed by atoms with van der Waals surface area (Å²) in [4.78, 5) is 25.0. The van der Waals surface area contributed by atoms with Gasteiger partial charge in [0.1, 0.15) is 5.01 Å².